The van der Waals surface area contributed by atoms with Crippen LogP contribution >= 0.6 is 0 Å². The van der Waals surface area contributed by atoms with Gasteiger partial charge in [0.25, 0.3) is 0 Å². The van der Waals surface area contributed by atoms with E-state index >= 15 is 0 Å². The van der Waals surface area contributed by atoms with Crippen molar-refractivity contribution in [3.05, 3.63) is 0 Å². The molecule has 0 heterocycles. The normalized spacial score (nSPS) is 9.04. The molecule has 0 aliphatic heterocycles. The second-order valence-electron chi connectivity index (χ2n) is 6.30. The summed E-state index contributed by atoms with van der Waals surface area (Å²) < 4.78 is 0. The third kappa shape index (κ3) is 45.0. The fraction of sp³-hybridized carbons (Fsp3) is 0.900. The maximum atomic E-state index is 8.35. The first-order valence-corrected chi connectivity index (χ1v) is 10.0. The predicted octanol–water partition coefficient (Wildman–Crippen LogP) is 6.01. The van der Waals surface area contributed by atoms with Crippen molar-refractivity contribution < 1.29 is 9.59 Å². The molecule has 5 heteroatoms. The van der Waals surface area contributed by atoms with Gasteiger partial charge in [-0.1, -0.05) is 103 Å². The minimum absolute atomic E-state index is 0.750. The van der Waals surface area contributed by atoms with Gasteiger partial charge in [-0.2, -0.15) is 0 Å². The van der Waals surface area contributed by atoms with Crippen molar-refractivity contribution in [1.82, 2.24) is 0 Å². The van der Waals surface area contributed by atoms with Crippen LogP contribution in [-0.4, -0.2) is 18.7 Å². The lowest BCUT2D eigenvalue weighted by molar-refractivity contribution is 0.530. The van der Waals surface area contributed by atoms with Gasteiger partial charge < -0.3 is 5.73 Å². The van der Waals surface area contributed by atoms with Crippen LogP contribution in [0.1, 0.15) is 110 Å². The quantitative estimate of drug-likeness (QED) is 0.179. The summed E-state index contributed by atoms with van der Waals surface area (Å²) in [5.74, 6) is 0. The Morgan fingerprint density at radius 1 is 0.560 bits per heavy atom. The zero-order chi connectivity index (χ0) is 19.4. The lowest BCUT2D eigenvalue weighted by Gasteiger charge is -2.03. The molecule has 0 bridgehead atoms. The predicted molar refractivity (Wildman–Crippen MR) is 105 cm³/mol. The Morgan fingerprint density at radius 3 is 0.960 bits per heavy atom. The van der Waals surface area contributed by atoms with E-state index in [9.17, 15) is 0 Å². The summed E-state index contributed by atoms with van der Waals surface area (Å²) in [6.07, 6.45) is 24.4. The molecule has 0 unspecified atom stereocenters. The molecule has 0 saturated carbocycles. The highest BCUT2D eigenvalue weighted by Crippen LogP contribution is 2.13. The number of hydrogen-bond donors (Lipinski definition) is 3. The molecular weight excluding hydrogens is 314 g/mol. The highest BCUT2D eigenvalue weighted by molar-refractivity contribution is 5.26. The van der Waals surface area contributed by atoms with Crippen molar-refractivity contribution in [2.45, 2.75) is 110 Å². The summed E-state index contributed by atoms with van der Waals surface area (Å²) in [5.41, 5.74) is 5.48. The molecule has 4 N–H and O–H groups in total. The van der Waals surface area contributed by atoms with Crippen molar-refractivity contribution in [3.63, 3.8) is 0 Å². The van der Waals surface area contributed by atoms with Gasteiger partial charge in [0.2, 0.25) is 12.2 Å². The van der Waals surface area contributed by atoms with E-state index in [1.165, 1.54) is 103 Å². The standard InChI is InChI=1S/C18H39N.2CHNO/c1-2-3-4-5-6-7-8-9-10-11-12-13-14-15-16-17-18-19;2*2-1-3/h2-19H2,1H3;2*2H. The van der Waals surface area contributed by atoms with Gasteiger partial charge in [-0.15, -0.1) is 0 Å². The molecule has 0 rings (SSSR count). The van der Waals surface area contributed by atoms with Crippen molar-refractivity contribution in [2.75, 3.05) is 6.54 Å². The number of unbranched alkanes of at least 4 members (excludes halogenated alkanes) is 15. The van der Waals surface area contributed by atoms with Gasteiger partial charge in [-0.25, -0.2) is 20.4 Å². The van der Waals surface area contributed by atoms with Crippen LogP contribution in [0, 0.1) is 10.8 Å². The van der Waals surface area contributed by atoms with E-state index in [2.05, 4.69) is 6.92 Å². The average molecular weight is 356 g/mol. The van der Waals surface area contributed by atoms with Crippen LogP contribution in [0.15, 0.2) is 0 Å². The van der Waals surface area contributed by atoms with Crippen LogP contribution in [0.5, 0.6) is 0 Å². The molecule has 0 aromatic heterocycles. The zero-order valence-electron chi connectivity index (χ0n) is 16.4. The Bertz CT molecular complexity index is 257. The molecule has 148 valence electrons. The third-order valence-electron chi connectivity index (χ3n) is 4.06. The van der Waals surface area contributed by atoms with E-state index in [0.717, 1.165) is 18.7 Å². The largest absolute Gasteiger partial charge is 0.330 e. The minimum atomic E-state index is 0.750. The van der Waals surface area contributed by atoms with Crippen LogP contribution in [0.2, 0.25) is 0 Å². The molecule has 5 nitrogen and oxygen atoms in total. The van der Waals surface area contributed by atoms with Crippen molar-refractivity contribution in [1.29, 1.82) is 10.8 Å². The van der Waals surface area contributed by atoms with E-state index in [1.54, 1.807) is 0 Å². The Labute approximate surface area is 155 Å². The van der Waals surface area contributed by atoms with Gasteiger partial charge in [-0.05, 0) is 13.0 Å². The number of nitrogens with one attached hydrogen (secondary N) is 2. The maximum absolute atomic E-state index is 8.35. The molecular formula is C20H41N3O2. The van der Waals surface area contributed by atoms with Gasteiger partial charge in [-0.3, -0.25) is 0 Å². The number of isocyanates is 2. The summed E-state index contributed by atoms with van der Waals surface area (Å²) in [5, 5.41) is 10.8. The highest BCUT2D eigenvalue weighted by atomic mass is 16.1. The van der Waals surface area contributed by atoms with Gasteiger partial charge >= 0.3 is 0 Å². The number of carbonyl (C=O) groups excluding carboxylic acids is 2. The smallest absolute Gasteiger partial charge is 0.231 e. The highest BCUT2D eigenvalue weighted by Gasteiger charge is 1.94. The first kappa shape index (κ1) is 28.5. The molecule has 25 heavy (non-hydrogen) atoms. The van der Waals surface area contributed by atoms with Crippen molar-refractivity contribution in [2.24, 2.45) is 5.73 Å². The molecule has 0 radical (unpaired) electrons. The molecule has 0 atom stereocenters. The zero-order valence-corrected chi connectivity index (χ0v) is 16.4. The second-order valence-corrected chi connectivity index (χ2v) is 6.30. The van der Waals surface area contributed by atoms with Crippen LogP contribution in [0.25, 0.3) is 0 Å². The Balaban J connectivity index is -0.000000700. The molecule has 0 saturated heterocycles. The molecule has 0 spiro atoms. The first-order chi connectivity index (χ1) is 12.2. The van der Waals surface area contributed by atoms with E-state index in [1.807, 2.05) is 0 Å². The second kappa shape index (κ2) is 34.1. The van der Waals surface area contributed by atoms with Crippen LogP contribution in [0.3, 0.4) is 0 Å². The number of nitrogens with two attached hydrogens (primary N) is 1. The van der Waals surface area contributed by atoms with E-state index < -0.39 is 0 Å². The summed E-state index contributed by atoms with van der Waals surface area (Å²) in [7, 11) is 0. The molecule has 0 aromatic rings. The molecule has 0 amide bonds. The van der Waals surface area contributed by atoms with Crippen molar-refractivity contribution in [3.8, 4) is 0 Å². The topological polar surface area (TPSA) is 108 Å². The third-order valence-corrected chi connectivity index (χ3v) is 4.06. The van der Waals surface area contributed by atoms with E-state index in [-0.39, 0.29) is 0 Å². The van der Waals surface area contributed by atoms with Crippen LogP contribution in [0.4, 0.5) is 0 Å². The Hall–Kier alpha value is -1.28. The molecule has 0 aromatic carbocycles. The van der Waals surface area contributed by atoms with Gasteiger partial charge in [0.15, 0.2) is 0 Å². The fourth-order valence-corrected chi connectivity index (χ4v) is 2.69. The summed E-state index contributed by atoms with van der Waals surface area (Å²) in [4.78, 5) is 16.7. The lowest BCUT2D eigenvalue weighted by Crippen LogP contribution is -1.97. The molecule has 0 aliphatic rings. The number of rotatable bonds is 16. The van der Waals surface area contributed by atoms with E-state index in [0.29, 0.717) is 0 Å². The number of hydrogen-bond acceptors (Lipinski definition) is 5. The van der Waals surface area contributed by atoms with Crippen LogP contribution in [-0.2, 0) is 9.59 Å². The minimum Gasteiger partial charge on any atom is -0.330 e. The maximum Gasteiger partial charge on any atom is 0.231 e. The fourth-order valence-electron chi connectivity index (χ4n) is 2.69. The molecule has 0 aliphatic carbocycles. The monoisotopic (exact) mass is 355 g/mol. The van der Waals surface area contributed by atoms with E-state index in [4.69, 9.17) is 26.1 Å². The lowest BCUT2D eigenvalue weighted by atomic mass is 10.0. The summed E-state index contributed by atoms with van der Waals surface area (Å²) in [6, 6.07) is 0. The average Bonchev–Trinajstić information content (AvgIpc) is 2.60. The molecule has 0 fully saturated rings. The Morgan fingerprint density at radius 2 is 0.760 bits per heavy atom. The van der Waals surface area contributed by atoms with Gasteiger partial charge in [0.1, 0.15) is 0 Å². The summed E-state index contributed by atoms with van der Waals surface area (Å²) in [6.45, 7) is 3.16. The van der Waals surface area contributed by atoms with Crippen molar-refractivity contribution >= 4 is 12.2 Å². The van der Waals surface area contributed by atoms with Crippen LogP contribution < -0.4 is 5.73 Å². The van der Waals surface area contributed by atoms with Gasteiger partial charge in [0.05, 0.1) is 0 Å². The first-order valence-electron chi connectivity index (χ1n) is 10.0. The Kier molecular flexibility index (Phi) is 38.9. The summed E-state index contributed by atoms with van der Waals surface area (Å²) >= 11 is 0. The van der Waals surface area contributed by atoms with Gasteiger partial charge in [0, 0.05) is 0 Å². The SMILES string of the molecule is CCCCCCCCCCCCCCCCCCN.N=C=O.N=C=O.